The van der Waals surface area contributed by atoms with Crippen molar-refractivity contribution in [2.75, 3.05) is 0 Å². The van der Waals surface area contributed by atoms with Crippen LogP contribution >= 0.6 is 0 Å². The third-order valence-electron chi connectivity index (χ3n) is 4.24. The lowest BCUT2D eigenvalue weighted by atomic mass is 9.70. The zero-order valence-corrected chi connectivity index (χ0v) is 11.6. The van der Waals surface area contributed by atoms with Crippen LogP contribution in [-0.2, 0) is 16.1 Å². The number of carbonyl (C=O) groups excluding carboxylic acids is 1. The Morgan fingerprint density at radius 3 is 2.47 bits per heavy atom. The second kappa shape index (κ2) is 6.20. The molecule has 0 amide bonds. The molecule has 104 valence electrons. The van der Waals surface area contributed by atoms with E-state index in [2.05, 4.69) is 0 Å². The maximum Gasteiger partial charge on any atom is 0.313 e. The zero-order chi connectivity index (χ0) is 13.7. The van der Waals surface area contributed by atoms with Crippen molar-refractivity contribution in [2.24, 2.45) is 11.1 Å². The van der Waals surface area contributed by atoms with Crippen LogP contribution in [0.2, 0.25) is 0 Å². The number of ether oxygens (including phenoxy) is 1. The van der Waals surface area contributed by atoms with E-state index in [4.69, 9.17) is 10.5 Å². The van der Waals surface area contributed by atoms with E-state index in [1.807, 2.05) is 37.3 Å². The normalized spacial score (nSPS) is 19.7. The van der Waals surface area contributed by atoms with Crippen LogP contribution in [0.1, 0.15) is 44.6 Å². The molecule has 0 aromatic heterocycles. The van der Waals surface area contributed by atoms with Crippen LogP contribution in [-0.4, -0.2) is 12.0 Å². The molecule has 0 heterocycles. The van der Waals surface area contributed by atoms with Gasteiger partial charge in [0.1, 0.15) is 6.61 Å². The Bertz CT molecular complexity index is 408. The molecule has 0 spiro atoms. The minimum atomic E-state index is -0.465. The number of carbonyl (C=O) groups is 1. The highest BCUT2D eigenvalue weighted by Crippen LogP contribution is 2.39. The highest BCUT2D eigenvalue weighted by atomic mass is 16.5. The molecule has 2 rings (SSSR count). The molecular weight excluding hydrogens is 238 g/mol. The third-order valence-corrected chi connectivity index (χ3v) is 4.24. The van der Waals surface area contributed by atoms with Crippen LogP contribution < -0.4 is 5.73 Å². The van der Waals surface area contributed by atoms with Crippen molar-refractivity contribution in [1.29, 1.82) is 0 Å². The van der Waals surface area contributed by atoms with Crippen molar-refractivity contribution in [3.8, 4) is 0 Å². The molecule has 1 fully saturated rings. The first-order valence-electron chi connectivity index (χ1n) is 7.12. The first-order valence-corrected chi connectivity index (χ1v) is 7.12. The Labute approximate surface area is 115 Å². The Hall–Kier alpha value is -1.35. The SMILES string of the molecule is CC(N)C1(C(=O)OCc2ccccc2)CCCCC1. The number of hydrogen-bond donors (Lipinski definition) is 1. The van der Waals surface area contributed by atoms with E-state index in [0.717, 1.165) is 31.2 Å². The minimum Gasteiger partial charge on any atom is -0.460 e. The first-order chi connectivity index (χ1) is 9.15. The molecule has 0 aliphatic heterocycles. The maximum absolute atomic E-state index is 12.4. The molecule has 1 aliphatic carbocycles. The quantitative estimate of drug-likeness (QED) is 0.848. The summed E-state index contributed by atoms with van der Waals surface area (Å²) < 4.78 is 5.51. The van der Waals surface area contributed by atoms with Crippen LogP contribution in [0.25, 0.3) is 0 Å². The lowest BCUT2D eigenvalue weighted by Gasteiger charge is -2.38. The van der Waals surface area contributed by atoms with Gasteiger partial charge in [-0.15, -0.1) is 0 Å². The Morgan fingerprint density at radius 2 is 1.89 bits per heavy atom. The molecule has 0 saturated heterocycles. The lowest BCUT2D eigenvalue weighted by Crippen LogP contribution is -2.48. The predicted octanol–water partition coefficient (Wildman–Crippen LogP) is 3.03. The van der Waals surface area contributed by atoms with E-state index in [1.165, 1.54) is 6.42 Å². The van der Waals surface area contributed by atoms with E-state index in [0.29, 0.717) is 6.61 Å². The van der Waals surface area contributed by atoms with Crippen LogP contribution in [0.15, 0.2) is 30.3 Å². The summed E-state index contributed by atoms with van der Waals surface area (Å²) in [4.78, 5) is 12.4. The average molecular weight is 261 g/mol. The molecule has 1 unspecified atom stereocenters. The molecule has 19 heavy (non-hydrogen) atoms. The van der Waals surface area contributed by atoms with Crippen molar-refractivity contribution < 1.29 is 9.53 Å². The number of benzene rings is 1. The van der Waals surface area contributed by atoms with Gasteiger partial charge in [0.15, 0.2) is 0 Å². The summed E-state index contributed by atoms with van der Waals surface area (Å²) >= 11 is 0. The van der Waals surface area contributed by atoms with Gasteiger partial charge in [-0.25, -0.2) is 0 Å². The van der Waals surface area contributed by atoms with E-state index in [-0.39, 0.29) is 12.0 Å². The first kappa shape index (κ1) is 14.1. The fraction of sp³-hybridized carbons (Fsp3) is 0.562. The van der Waals surface area contributed by atoms with Crippen molar-refractivity contribution in [2.45, 2.75) is 51.7 Å². The fourth-order valence-electron chi connectivity index (χ4n) is 2.89. The fourth-order valence-corrected chi connectivity index (χ4v) is 2.89. The van der Waals surface area contributed by atoms with Crippen molar-refractivity contribution in [3.05, 3.63) is 35.9 Å². The largest absolute Gasteiger partial charge is 0.460 e. The van der Waals surface area contributed by atoms with Gasteiger partial charge in [0.05, 0.1) is 5.41 Å². The summed E-state index contributed by atoms with van der Waals surface area (Å²) in [5, 5.41) is 0. The lowest BCUT2D eigenvalue weighted by molar-refractivity contribution is -0.161. The Kier molecular flexibility index (Phi) is 4.59. The molecule has 1 aromatic carbocycles. The Morgan fingerprint density at radius 1 is 1.26 bits per heavy atom. The molecule has 0 bridgehead atoms. The molecule has 1 aliphatic rings. The summed E-state index contributed by atoms with van der Waals surface area (Å²) in [6.07, 6.45) is 5.06. The van der Waals surface area contributed by atoms with Gasteiger partial charge in [0, 0.05) is 6.04 Å². The van der Waals surface area contributed by atoms with Gasteiger partial charge in [0.2, 0.25) is 0 Å². The highest BCUT2D eigenvalue weighted by molar-refractivity contribution is 5.78. The minimum absolute atomic E-state index is 0.119. The summed E-state index contributed by atoms with van der Waals surface area (Å²) in [5.74, 6) is -0.119. The van der Waals surface area contributed by atoms with Gasteiger partial charge in [0.25, 0.3) is 0 Å². The van der Waals surface area contributed by atoms with Crippen molar-refractivity contribution >= 4 is 5.97 Å². The van der Waals surface area contributed by atoms with Gasteiger partial charge < -0.3 is 10.5 Å². The van der Waals surface area contributed by atoms with Crippen LogP contribution in [0.3, 0.4) is 0 Å². The second-order valence-corrected chi connectivity index (χ2v) is 5.57. The number of nitrogens with two attached hydrogens (primary N) is 1. The van der Waals surface area contributed by atoms with Crippen molar-refractivity contribution in [3.63, 3.8) is 0 Å². The van der Waals surface area contributed by atoms with E-state index in [1.54, 1.807) is 0 Å². The van der Waals surface area contributed by atoms with Crippen molar-refractivity contribution in [1.82, 2.24) is 0 Å². The standard InChI is InChI=1S/C16H23NO2/c1-13(17)16(10-6-3-7-11-16)15(18)19-12-14-8-4-2-5-9-14/h2,4-5,8-9,13H,3,6-7,10-12,17H2,1H3. The Balaban J connectivity index is 2.00. The third kappa shape index (κ3) is 3.16. The topological polar surface area (TPSA) is 52.3 Å². The zero-order valence-electron chi connectivity index (χ0n) is 11.6. The number of rotatable bonds is 4. The molecule has 1 saturated carbocycles. The van der Waals surface area contributed by atoms with E-state index < -0.39 is 5.41 Å². The monoisotopic (exact) mass is 261 g/mol. The molecular formula is C16H23NO2. The molecule has 0 radical (unpaired) electrons. The van der Waals surface area contributed by atoms with Gasteiger partial charge >= 0.3 is 5.97 Å². The summed E-state index contributed by atoms with van der Waals surface area (Å²) in [5.41, 5.74) is 6.63. The van der Waals surface area contributed by atoms with Gasteiger partial charge in [-0.3, -0.25) is 4.79 Å². The molecule has 2 N–H and O–H groups in total. The predicted molar refractivity (Wildman–Crippen MR) is 75.4 cm³/mol. The van der Waals surface area contributed by atoms with E-state index >= 15 is 0 Å². The smallest absolute Gasteiger partial charge is 0.313 e. The molecule has 1 aromatic rings. The van der Waals surface area contributed by atoms with Gasteiger partial charge in [-0.2, -0.15) is 0 Å². The van der Waals surface area contributed by atoms with Gasteiger partial charge in [-0.05, 0) is 25.3 Å². The summed E-state index contributed by atoms with van der Waals surface area (Å²) in [6, 6.07) is 9.64. The van der Waals surface area contributed by atoms with Crippen LogP contribution in [0.4, 0.5) is 0 Å². The maximum atomic E-state index is 12.4. The number of esters is 1. The second-order valence-electron chi connectivity index (χ2n) is 5.57. The van der Waals surface area contributed by atoms with Gasteiger partial charge in [-0.1, -0.05) is 49.6 Å². The van der Waals surface area contributed by atoms with Crippen LogP contribution in [0, 0.1) is 5.41 Å². The average Bonchev–Trinajstić information content (AvgIpc) is 2.46. The highest BCUT2D eigenvalue weighted by Gasteiger charge is 2.44. The number of hydrogen-bond acceptors (Lipinski definition) is 3. The molecule has 1 atom stereocenters. The van der Waals surface area contributed by atoms with Crippen LogP contribution in [0.5, 0.6) is 0 Å². The molecule has 3 nitrogen and oxygen atoms in total. The summed E-state index contributed by atoms with van der Waals surface area (Å²) in [7, 11) is 0. The van der Waals surface area contributed by atoms with E-state index in [9.17, 15) is 4.79 Å². The summed E-state index contributed by atoms with van der Waals surface area (Å²) in [6.45, 7) is 2.27. The molecule has 3 heteroatoms.